The molecule has 6 heteroatoms. The average Bonchev–Trinajstić information content (AvgIpc) is 2.37. The van der Waals surface area contributed by atoms with E-state index in [1.165, 1.54) is 7.11 Å². The third-order valence-electron chi connectivity index (χ3n) is 2.80. The zero-order valence-electron chi connectivity index (χ0n) is 10.4. The second kappa shape index (κ2) is 5.83. The van der Waals surface area contributed by atoms with E-state index in [9.17, 15) is 4.79 Å². The molecule has 0 unspecified atom stereocenters. The summed E-state index contributed by atoms with van der Waals surface area (Å²) < 4.78 is 11.5. The van der Waals surface area contributed by atoms with Crippen LogP contribution in [0.25, 0.3) is 0 Å². The number of nitrogens with zero attached hydrogens (tertiary/aromatic N) is 2. The summed E-state index contributed by atoms with van der Waals surface area (Å²) in [6.07, 6.45) is 1.71. The van der Waals surface area contributed by atoms with Gasteiger partial charge in [-0.25, -0.2) is 4.98 Å². The monoisotopic (exact) mass is 362 g/mol. The van der Waals surface area contributed by atoms with Crippen molar-refractivity contribution in [3.05, 3.63) is 21.4 Å². The summed E-state index contributed by atoms with van der Waals surface area (Å²) >= 11 is 2.13. The van der Waals surface area contributed by atoms with Gasteiger partial charge in [0.05, 0.1) is 19.8 Å². The smallest absolute Gasteiger partial charge is 0.260 e. The number of pyridine rings is 1. The summed E-state index contributed by atoms with van der Waals surface area (Å²) in [5.74, 6) is 0.338. The molecule has 1 saturated heterocycles. The highest BCUT2D eigenvalue weighted by Gasteiger charge is 2.26. The number of hydrogen-bond acceptors (Lipinski definition) is 4. The van der Waals surface area contributed by atoms with Gasteiger partial charge < -0.3 is 14.4 Å². The number of rotatable bonds is 2. The second-order valence-corrected chi connectivity index (χ2v) is 5.27. The molecule has 1 atom stereocenters. The molecule has 0 aliphatic carbocycles. The Morgan fingerprint density at radius 3 is 3.11 bits per heavy atom. The first-order chi connectivity index (χ1) is 8.63. The molecule has 1 fully saturated rings. The van der Waals surface area contributed by atoms with Crippen LogP contribution < -0.4 is 4.74 Å². The van der Waals surface area contributed by atoms with E-state index in [1.807, 2.05) is 6.92 Å². The van der Waals surface area contributed by atoms with Crippen LogP contribution in [0.2, 0.25) is 0 Å². The molecule has 1 aliphatic rings. The van der Waals surface area contributed by atoms with Crippen LogP contribution in [0.5, 0.6) is 5.88 Å². The highest BCUT2D eigenvalue weighted by molar-refractivity contribution is 14.1. The molecule has 0 spiro atoms. The van der Waals surface area contributed by atoms with Crippen molar-refractivity contribution in [2.24, 2.45) is 0 Å². The molecule has 0 saturated carbocycles. The van der Waals surface area contributed by atoms with E-state index >= 15 is 0 Å². The van der Waals surface area contributed by atoms with Crippen LogP contribution in [0, 0.1) is 3.57 Å². The van der Waals surface area contributed by atoms with Crippen LogP contribution in [0.1, 0.15) is 17.3 Å². The van der Waals surface area contributed by atoms with Crippen molar-refractivity contribution in [3.8, 4) is 5.88 Å². The van der Waals surface area contributed by atoms with Gasteiger partial charge in [-0.3, -0.25) is 4.79 Å². The van der Waals surface area contributed by atoms with Crippen LogP contribution in [0.3, 0.4) is 0 Å². The maximum atomic E-state index is 12.5. The summed E-state index contributed by atoms with van der Waals surface area (Å²) in [6, 6.07) is 1.81. The maximum absolute atomic E-state index is 12.5. The predicted molar refractivity (Wildman–Crippen MR) is 74.8 cm³/mol. The number of aromatic nitrogens is 1. The molecule has 98 valence electrons. The van der Waals surface area contributed by atoms with Gasteiger partial charge in [0.1, 0.15) is 5.56 Å². The Labute approximate surface area is 120 Å². The Morgan fingerprint density at radius 2 is 2.44 bits per heavy atom. The fourth-order valence-corrected chi connectivity index (χ4v) is 2.55. The summed E-state index contributed by atoms with van der Waals surface area (Å²) in [5, 5.41) is 0. The number of morpholine rings is 1. The lowest BCUT2D eigenvalue weighted by Gasteiger charge is -2.31. The van der Waals surface area contributed by atoms with Gasteiger partial charge in [0.25, 0.3) is 5.91 Å². The molecule has 5 nitrogen and oxygen atoms in total. The van der Waals surface area contributed by atoms with E-state index in [-0.39, 0.29) is 12.0 Å². The zero-order valence-corrected chi connectivity index (χ0v) is 12.5. The number of ether oxygens (including phenoxy) is 2. The van der Waals surface area contributed by atoms with E-state index < -0.39 is 0 Å². The lowest BCUT2D eigenvalue weighted by atomic mass is 10.2. The molecule has 18 heavy (non-hydrogen) atoms. The van der Waals surface area contributed by atoms with Crippen LogP contribution in [-0.4, -0.2) is 48.7 Å². The quantitative estimate of drug-likeness (QED) is 0.750. The number of halogens is 1. The van der Waals surface area contributed by atoms with Gasteiger partial charge in [0, 0.05) is 22.9 Å². The minimum Gasteiger partial charge on any atom is -0.480 e. The predicted octanol–water partition coefficient (Wildman–Crippen LogP) is 1.56. The molecule has 0 aromatic carbocycles. The third-order valence-corrected chi connectivity index (χ3v) is 3.70. The third kappa shape index (κ3) is 2.74. The standard InChI is InChI=1S/C12H15IN2O3/c1-8-7-15(5-6-18-8)12(16)10-9(13)3-4-14-11(10)17-2/h3-4,8H,5-7H2,1-2H3/t8-/m1/s1. The Kier molecular flexibility index (Phi) is 4.39. The summed E-state index contributed by atoms with van der Waals surface area (Å²) in [5.41, 5.74) is 0.537. The van der Waals surface area contributed by atoms with Crippen LogP contribution in [0.15, 0.2) is 12.3 Å². The average molecular weight is 362 g/mol. The fourth-order valence-electron chi connectivity index (χ4n) is 1.93. The lowest BCUT2D eigenvalue weighted by Crippen LogP contribution is -2.44. The minimum atomic E-state index is -0.0421. The van der Waals surface area contributed by atoms with Crippen molar-refractivity contribution < 1.29 is 14.3 Å². The van der Waals surface area contributed by atoms with Crippen molar-refractivity contribution in [3.63, 3.8) is 0 Å². The summed E-state index contributed by atoms with van der Waals surface area (Å²) in [4.78, 5) is 18.4. The van der Waals surface area contributed by atoms with Crippen LogP contribution in [0.4, 0.5) is 0 Å². The molecule has 1 amide bonds. The lowest BCUT2D eigenvalue weighted by molar-refractivity contribution is -0.0125. The van der Waals surface area contributed by atoms with Gasteiger partial charge >= 0.3 is 0 Å². The minimum absolute atomic E-state index is 0.0421. The van der Waals surface area contributed by atoms with Crippen LogP contribution >= 0.6 is 22.6 Å². The number of amides is 1. The van der Waals surface area contributed by atoms with Crippen LogP contribution in [-0.2, 0) is 4.74 Å². The molecule has 0 bridgehead atoms. The molecule has 2 heterocycles. The topological polar surface area (TPSA) is 51.7 Å². The zero-order chi connectivity index (χ0) is 13.1. The van der Waals surface area contributed by atoms with Crippen molar-refractivity contribution >= 4 is 28.5 Å². The summed E-state index contributed by atoms with van der Waals surface area (Å²) in [6.45, 7) is 3.75. The van der Waals surface area contributed by atoms with Gasteiger partial charge in [-0.15, -0.1) is 0 Å². The highest BCUT2D eigenvalue weighted by Crippen LogP contribution is 2.23. The first kappa shape index (κ1) is 13.5. The number of hydrogen-bond donors (Lipinski definition) is 0. The Balaban J connectivity index is 2.28. The molecule has 1 aliphatic heterocycles. The molecular weight excluding hydrogens is 347 g/mol. The normalized spacial score (nSPS) is 19.7. The Morgan fingerprint density at radius 1 is 1.67 bits per heavy atom. The van der Waals surface area contributed by atoms with E-state index in [4.69, 9.17) is 9.47 Å². The van der Waals surface area contributed by atoms with Crippen molar-refractivity contribution in [2.45, 2.75) is 13.0 Å². The Hall–Kier alpha value is -0.890. The van der Waals surface area contributed by atoms with Crippen molar-refractivity contribution in [2.75, 3.05) is 26.8 Å². The van der Waals surface area contributed by atoms with E-state index in [0.29, 0.717) is 31.1 Å². The van der Waals surface area contributed by atoms with E-state index in [1.54, 1.807) is 17.2 Å². The molecule has 2 rings (SSSR count). The first-order valence-electron chi connectivity index (χ1n) is 5.73. The van der Waals surface area contributed by atoms with Gasteiger partial charge in [0.2, 0.25) is 5.88 Å². The molecule has 1 aromatic rings. The number of carbonyl (C=O) groups is 1. The van der Waals surface area contributed by atoms with E-state index in [2.05, 4.69) is 27.6 Å². The van der Waals surface area contributed by atoms with Crippen molar-refractivity contribution in [1.82, 2.24) is 9.88 Å². The van der Waals surface area contributed by atoms with Gasteiger partial charge in [-0.05, 0) is 35.6 Å². The van der Waals surface area contributed by atoms with Crippen molar-refractivity contribution in [1.29, 1.82) is 0 Å². The van der Waals surface area contributed by atoms with Gasteiger partial charge in [-0.1, -0.05) is 0 Å². The highest BCUT2D eigenvalue weighted by atomic mass is 127. The number of carbonyl (C=O) groups excluding carboxylic acids is 1. The molecular formula is C12H15IN2O3. The summed E-state index contributed by atoms with van der Waals surface area (Å²) in [7, 11) is 1.52. The molecule has 0 radical (unpaired) electrons. The first-order valence-corrected chi connectivity index (χ1v) is 6.80. The largest absolute Gasteiger partial charge is 0.480 e. The molecule has 1 aromatic heterocycles. The molecule has 0 N–H and O–H groups in total. The SMILES string of the molecule is COc1nccc(I)c1C(=O)N1CCO[C@H](C)C1. The fraction of sp³-hybridized carbons (Fsp3) is 0.500. The maximum Gasteiger partial charge on any atom is 0.260 e. The number of methoxy groups -OCH3 is 1. The Bertz CT molecular complexity index is 453. The van der Waals surface area contributed by atoms with Gasteiger partial charge in [-0.2, -0.15) is 0 Å². The van der Waals surface area contributed by atoms with E-state index in [0.717, 1.165) is 3.57 Å². The van der Waals surface area contributed by atoms with Gasteiger partial charge in [0.15, 0.2) is 0 Å². The second-order valence-electron chi connectivity index (χ2n) is 4.11.